The second-order valence-corrected chi connectivity index (χ2v) is 31.1. The van der Waals surface area contributed by atoms with Crippen LogP contribution >= 0.6 is 0 Å². The van der Waals surface area contributed by atoms with Crippen LogP contribution in [0.4, 0.5) is 0 Å². The summed E-state index contributed by atoms with van der Waals surface area (Å²) in [5.41, 5.74) is 0.507. The molecule has 14 nitrogen and oxygen atoms in total. The molecule has 0 aliphatic heterocycles. The predicted molar refractivity (Wildman–Crippen MR) is 289 cm³/mol. The normalized spacial score (nSPS) is 42.1. The van der Waals surface area contributed by atoms with Gasteiger partial charge >= 0.3 is 0 Å². The average molecular weight is 1090 g/mol. The third kappa shape index (κ3) is 12.8. The fourth-order valence-corrected chi connectivity index (χ4v) is 20.9. The van der Waals surface area contributed by atoms with Crippen molar-refractivity contribution < 1.29 is 55.3 Å². The highest BCUT2D eigenvalue weighted by Gasteiger charge is 2.65. The minimum Gasteiger partial charge on any atom is -0.393 e. The van der Waals surface area contributed by atoms with E-state index in [0.29, 0.717) is 116 Å². The van der Waals surface area contributed by atoms with Gasteiger partial charge in [0.25, 0.3) is 20.2 Å². The number of nitrogens with one attached hydrogen (secondary N) is 2. The zero-order valence-electron chi connectivity index (χ0n) is 46.6. The monoisotopic (exact) mass is 1090 g/mol. The lowest BCUT2D eigenvalue weighted by atomic mass is 9.43. The summed E-state index contributed by atoms with van der Waals surface area (Å²) in [4.78, 5) is 52.1. The minimum absolute atomic E-state index is 0.0936. The van der Waals surface area contributed by atoms with Crippen molar-refractivity contribution >= 4 is 43.6 Å². The predicted octanol–water partition coefficient (Wildman–Crippen LogP) is 9.41. The molecule has 0 aromatic heterocycles. The van der Waals surface area contributed by atoms with Gasteiger partial charge in [-0.05, 0) is 227 Å². The molecular weight excluding hydrogens is 993 g/mol. The lowest BCUT2D eigenvalue weighted by Gasteiger charge is -2.62. The smallest absolute Gasteiger partial charge is 0.266 e. The fraction of sp³-hybridized carbons (Fsp3) is 0.932. The van der Waals surface area contributed by atoms with Gasteiger partial charge in [0.2, 0.25) is 11.8 Å². The molecule has 428 valence electrons. The number of hydrogen-bond donors (Lipinski definition) is 6. The van der Waals surface area contributed by atoms with Gasteiger partial charge in [-0.2, -0.15) is 16.8 Å². The van der Waals surface area contributed by atoms with Crippen LogP contribution in [0.1, 0.15) is 202 Å². The van der Waals surface area contributed by atoms with Crippen LogP contribution < -0.4 is 10.6 Å². The fourth-order valence-electron chi connectivity index (χ4n) is 20.2. The molecule has 20 atom stereocenters. The lowest BCUT2D eigenvalue weighted by Crippen LogP contribution is -2.58. The number of ketones is 2. The summed E-state index contributed by atoms with van der Waals surface area (Å²) in [6, 6.07) is 0. The van der Waals surface area contributed by atoms with Crippen molar-refractivity contribution in [1.29, 1.82) is 0 Å². The van der Waals surface area contributed by atoms with E-state index in [1.54, 1.807) is 0 Å². The molecule has 8 rings (SSSR count). The Balaban J connectivity index is 0.748. The van der Waals surface area contributed by atoms with Crippen molar-refractivity contribution in [3.05, 3.63) is 0 Å². The summed E-state index contributed by atoms with van der Waals surface area (Å²) in [5, 5.41) is 29.3. The van der Waals surface area contributed by atoms with Crippen molar-refractivity contribution in [1.82, 2.24) is 10.6 Å². The van der Waals surface area contributed by atoms with Crippen LogP contribution in [0.15, 0.2) is 0 Å². The van der Waals surface area contributed by atoms with Gasteiger partial charge in [-0.15, -0.1) is 0 Å². The van der Waals surface area contributed by atoms with E-state index < -0.39 is 31.7 Å². The maximum atomic E-state index is 13.5. The lowest BCUT2D eigenvalue weighted by molar-refractivity contribution is -0.170. The Morgan fingerprint density at radius 3 is 1.24 bits per heavy atom. The van der Waals surface area contributed by atoms with Gasteiger partial charge in [-0.3, -0.25) is 28.3 Å². The number of amides is 2. The summed E-state index contributed by atoms with van der Waals surface area (Å²) in [5.74, 6) is 4.55. The first-order valence-electron chi connectivity index (χ1n) is 30.0. The number of carbonyl (C=O) groups is 4. The van der Waals surface area contributed by atoms with E-state index in [2.05, 4.69) is 52.2 Å². The van der Waals surface area contributed by atoms with Gasteiger partial charge in [0.1, 0.15) is 11.6 Å². The summed E-state index contributed by atoms with van der Waals surface area (Å²) in [7, 11) is -8.24. The number of carbonyl (C=O) groups excluding carboxylic acids is 4. The highest BCUT2D eigenvalue weighted by Crippen LogP contribution is 2.71. The first-order chi connectivity index (χ1) is 35.1. The Hall–Kier alpha value is -1.98. The highest BCUT2D eigenvalue weighted by molar-refractivity contribution is 7.86. The van der Waals surface area contributed by atoms with Crippen LogP contribution in [-0.2, 0) is 39.4 Å². The molecule has 8 fully saturated rings. The van der Waals surface area contributed by atoms with Crippen molar-refractivity contribution in [2.75, 3.05) is 24.6 Å². The standard InChI is InChI=1S/C59H98N2O12S2/c1-36(10-16-52(66)60-26-28-74(68,69)70)44-12-14-46-54-48(20-24-58(44,46)5)56(3)22-18-38(30-40(56)34-50(54)64)32-42(62)8-7-9-43(63)33-39-19-23-57(4)41(31-39)35-51(65)55-47-15-13-45(59(47,6)25-21-49(55)57)37(2)11-17-53(67)61-27-29-75(71,72)73/h36-41,44-51,54-55,64-65H,7-35H2,1-6H3,(H,60,66)(H,61,67)(H,68,69,70)(H,71,72,73)/t36-,37+,38-,39+,40?,41?,44-,45-,46+,47-,48+,49-,50+,51-,54+,55-,56+,57-,58-,59+/m1/s1. The zero-order valence-corrected chi connectivity index (χ0v) is 48.2. The second-order valence-electron chi connectivity index (χ2n) is 28.0. The Kier molecular flexibility index (Phi) is 18.3. The minimum atomic E-state index is -4.12. The van der Waals surface area contributed by atoms with E-state index in [-0.39, 0.29) is 82.2 Å². The van der Waals surface area contributed by atoms with Gasteiger partial charge in [0, 0.05) is 51.6 Å². The summed E-state index contributed by atoms with van der Waals surface area (Å²) >= 11 is 0. The van der Waals surface area contributed by atoms with Crippen LogP contribution in [0.3, 0.4) is 0 Å². The van der Waals surface area contributed by atoms with Crippen LogP contribution in [0.5, 0.6) is 0 Å². The summed E-state index contributed by atoms with van der Waals surface area (Å²) < 4.78 is 62.2. The van der Waals surface area contributed by atoms with E-state index in [9.17, 15) is 46.2 Å². The van der Waals surface area contributed by atoms with Gasteiger partial charge in [-0.1, -0.05) is 41.5 Å². The van der Waals surface area contributed by atoms with E-state index >= 15 is 0 Å². The molecule has 0 aromatic carbocycles. The molecule has 75 heavy (non-hydrogen) atoms. The third-order valence-electron chi connectivity index (χ3n) is 24.1. The van der Waals surface area contributed by atoms with Crippen molar-refractivity contribution in [2.24, 2.45) is 105 Å². The van der Waals surface area contributed by atoms with Crippen molar-refractivity contribution in [2.45, 2.75) is 214 Å². The van der Waals surface area contributed by atoms with E-state index in [4.69, 9.17) is 9.11 Å². The first kappa shape index (κ1) is 59.1. The molecule has 8 saturated carbocycles. The molecule has 16 heteroatoms. The molecule has 0 bridgehead atoms. The first-order valence-corrected chi connectivity index (χ1v) is 33.2. The Labute approximate surface area is 450 Å². The SMILES string of the molecule is C[C@H](CCC(=O)NCCS(=O)(=O)O)[C@H]1CC[C@H]2[C@@H]3[C@@H](O)CC4C[C@H](CC(=O)CCCC(=O)C[C@H]5CC[C@]6(C)C(C5)C[C@@H](O)[C@@H]5[C@H]7CC[C@H]([C@@H](C)CCC(=O)NCCS(=O)(=O)O)[C@]7(C)CC[C@H]56)CC[C@]4(C)[C@H]3CC[C@]12C. The number of hydrogen-bond acceptors (Lipinski definition) is 10. The topological polar surface area (TPSA) is 242 Å². The maximum Gasteiger partial charge on any atom is 0.266 e. The van der Waals surface area contributed by atoms with Crippen molar-refractivity contribution in [3.63, 3.8) is 0 Å². The second kappa shape index (κ2) is 23.2. The molecule has 0 spiro atoms. The van der Waals surface area contributed by atoms with Crippen LogP contribution in [0, 0.1) is 105 Å². The Morgan fingerprint density at radius 1 is 0.507 bits per heavy atom. The molecular formula is C59H98N2O12S2. The Bertz CT molecular complexity index is 2140. The zero-order chi connectivity index (χ0) is 54.5. The van der Waals surface area contributed by atoms with E-state index in [0.717, 1.165) is 116 Å². The quantitative estimate of drug-likeness (QED) is 0.0556. The molecule has 6 N–H and O–H groups in total. The van der Waals surface area contributed by atoms with Gasteiger partial charge in [0.15, 0.2) is 0 Å². The number of fused-ring (bicyclic) bond motifs is 10. The number of aliphatic hydroxyl groups is 2. The maximum absolute atomic E-state index is 13.5. The molecule has 0 aromatic rings. The summed E-state index contributed by atoms with van der Waals surface area (Å²) in [6.45, 7) is 14.2. The van der Waals surface area contributed by atoms with Crippen LogP contribution in [0.2, 0.25) is 0 Å². The molecule has 2 unspecified atom stereocenters. The average Bonchev–Trinajstić information content (AvgIpc) is 3.87. The summed E-state index contributed by atoms with van der Waals surface area (Å²) in [6.07, 6.45) is 20.7. The van der Waals surface area contributed by atoms with E-state index in [1.807, 2.05) is 0 Å². The van der Waals surface area contributed by atoms with E-state index in [1.165, 1.54) is 0 Å². The molecule has 0 radical (unpaired) electrons. The molecule has 2 amide bonds. The third-order valence-corrected chi connectivity index (χ3v) is 25.5. The number of aliphatic hydroxyl groups excluding tert-OH is 2. The largest absolute Gasteiger partial charge is 0.393 e. The number of Topliss-reactive ketones (excluding diaryl/α,β-unsaturated/α-hetero) is 2. The Morgan fingerprint density at radius 2 is 0.867 bits per heavy atom. The van der Waals surface area contributed by atoms with Crippen LogP contribution in [0.25, 0.3) is 0 Å². The highest BCUT2D eigenvalue weighted by atomic mass is 32.2. The molecule has 0 heterocycles. The van der Waals surface area contributed by atoms with Gasteiger partial charge in [0.05, 0.1) is 23.7 Å². The van der Waals surface area contributed by atoms with Crippen LogP contribution in [-0.4, -0.2) is 96.3 Å². The van der Waals surface area contributed by atoms with Crippen molar-refractivity contribution in [3.8, 4) is 0 Å². The molecule has 0 saturated heterocycles. The van der Waals surface area contributed by atoms with Gasteiger partial charge < -0.3 is 20.8 Å². The number of rotatable bonds is 22. The molecule has 8 aliphatic carbocycles. The van der Waals surface area contributed by atoms with Gasteiger partial charge in [-0.25, -0.2) is 0 Å². The molecule has 8 aliphatic rings.